The van der Waals surface area contributed by atoms with E-state index < -0.39 is 6.10 Å². The Bertz CT molecular complexity index is 511. The molecule has 0 aliphatic rings. The van der Waals surface area contributed by atoms with Crippen LogP contribution >= 0.6 is 22.9 Å². The van der Waals surface area contributed by atoms with Crippen molar-refractivity contribution in [2.24, 2.45) is 0 Å². The molecule has 1 nitrogen and oxygen atoms in total. The zero-order valence-electron chi connectivity index (χ0n) is 9.50. The SMILES string of the molecule is Cc1cc(F)cc(C(O)c2cc(C)c(Cl)s2)c1. The Morgan fingerprint density at radius 1 is 1.24 bits per heavy atom. The number of hydrogen-bond acceptors (Lipinski definition) is 2. The first kappa shape index (κ1) is 12.6. The van der Waals surface area contributed by atoms with Gasteiger partial charge in [0.15, 0.2) is 0 Å². The van der Waals surface area contributed by atoms with Crippen molar-refractivity contribution < 1.29 is 9.50 Å². The highest BCUT2D eigenvalue weighted by Gasteiger charge is 2.15. The standard InChI is InChI=1S/C13H12ClFOS/c1-7-3-9(6-10(15)4-7)12(16)11-5-8(2)13(14)17-11/h3-6,12,16H,1-2H3. The molecule has 0 saturated heterocycles. The summed E-state index contributed by atoms with van der Waals surface area (Å²) in [7, 11) is 0. The average molecular weight is 271 g/mol. The molecule has 1 heterocycles. The van der Waals surface area contributed by atoms with Gasteiger partial charge >= 0.3 is 0 Å². The van der Waals surface area contributed by atoms with Gasteiger partial charge in [-0.2, -0.15) is 0 Å². The molecule has 0 radical (unpaired) electrons. The molecule has 0 amide bonds. The van der Waals surface area contributed by atoms with Crippen LogP contribution in [-0.2, 0) is 0 Å². The topological polar surface area (TPSA) is 20.2 Å². The first-order chi connectivity index (χ1) is 7.97. The first-order valence-corrected chi connectivity index (χ1v) is 6.38. The van der Waals surface area contributed by atoms with Crippen LogP contribution in [0.2, 0.25) is 4.34 Å². The first-order valence-electron chi connectivity index (χ1n) is 5.18. The van der Waals surface area contributed by atoms with Crippen LogP contribution in [0.3, 0.4) is 0 Å². The minimum atomic E-state index is -0.819. The third kappa shape index (κ3) is 2.68. The van der Waals surface area contributed by atoms with E-state index in [1.165, 1.54) is 23.5 Å². The van der Waals surface area contributed by atoms with Gasteiger partial charge in [0.05, 0.1) is 4.34 Å². The van der Waals surface area contributed by atoms with Crippen molar-refractivity contribution in [2.45, 2.75) is 20.0 Å². The molecule has 0 spiro atoms. The second-order valence-electron chi connectivity index (χ2n) is 4.07. The van der Waals surface area contributed by atoms with E-state index in [2.05, 4.69) is 0 Å². The third-order valence-corrected chi connectivity index (χ3v) is 4.13. The predicted molar refractivity (Wildman–Crippen MR) is 69.3 cm³/mol. The molecule has 17 heavy (non-hydrogen) atoms. The van der Waals surface area contributed by atoms with Gasteiger partial charge in [0.2, 0.25) is 0 Å². The summed E-state index contributed by atoms with van der Waals surface area (Å²) in [6.45, 7) is 3.68. The summed E-state index contributed by atoms with van der Waals surface area (Å²) < 4.78 is 13.9. The van der Waals surface area contributed by atoms with Crippen LogP contribution < -0.4 is 0 Å². The molecule has 0 saturated carbocycles. The number of aliphatic hydroxyl groups is 1. The molecule has 1 N–H and O–H groups in total. The lowest BCUT2D eigenvalue weighted by Crippen LogP contribution is -1.98. The summed E-state index contributed by atoms with van der Waals surface area (Å²) in [4.78, 5) is 0.734. The van der Waals surface area contributed by atoms with Gasteiger partial charge in [0.25, 0.3) is 0 Å². The quantitative estimate of drug-likeness (QED) is 0.865. The number of halogens is 2. The molecule has 0 aliphatic carbocycles. The fraction of sp³-hybridized carbons (Fsp3) is 0.231. The van der Waals surface area contributed by atoms with Crippen molar-refractivity contribution in [2.75, 3.05) is 0 Å². The Hall–Kier alpha value is -0.900. The Labute approximate surface area is 108 Å². The molecule has 0 bridgehead atoms. The van der Waals surface area contributed by atoms with Gasteiger partial charge in [-0.1, -0.05) is 17.7 Å². The zero-order chi connectivity index (χ0) is 12.6. The lowest BCUT2D eigenvalue weighted by molar-refractivity contribution is 0.223. The monoisotopic (exact) mass is 270 g/mol. The maximum Gasteiger partial charge on any atom is 0.123 e. The number of rotatable bonds is 2. The minimum absolute atomic E-state index is 0.335. The van der Waals surface area contributed by atoms with Crippen molar-refractivity contribution in [3.05, 3.63) is 56.0 Å². The molecular formula is C13H12ClFOS. The normalized spacial score (nSPS) is 12.8. The van der Waals surface area contributed by atoms with Crippen molar-refractivity contribution in [1.82, 2.24) is 0 Å². The lowest BCUT2D eigenvalue weighted by atomic mass is 10.0. The molecule has 2 aromatic rings. The summed E-state index contributed by atoms with van der Waals surface area (Å²) in [5, 5.41) is 10.2. The summed E-state index contributed by atoms with van der Waals surface area (Å²) in [5.41, 5.74) is 2.28. The van der Waals surface area contributed by atoms with Crippen LogP contribution in [0.15, 0.2) is 24.3 Å². The van der Waals surface area contributed by atoms with Crippen molar-refractivity contribution in [1.29, 1.82) is 0 Å². The number of aliphatic hydroxyl groups excluding tert-OH is 1. The average Bonchev–Trinajstić information content (AvgIpc) is 2.57. The fourth-order valence-corrected chi connectivity index (χ4v) is 2.94. The maximum atomic E-state index is 13.3. The van der Waals surface area contributed by atoms with E-state index in [-0.39, 0.29) is 5.82 Å². The Morgan fingerprint density at radius 2 is 1.94 bits per heavy atom. The molecule has 2 rings (SSSR count). The van der Waals surface area contributed by atoms with E-state index >= 15 is 0 Å². The van der Waals surface area contributed by atoms with Crippen LogP contribution in [0.1, 0.15) is 27.7 Å². The second-order valence-corrected chi connectivity index (χ2v) is 5.76. The molecule has 4 heteroatoms. The molecule has 1 atom stereocenters. The van der Waals surface area contributed by atoms with Crippen LogP contribution in [0.4, 0.5) is 4.39 Å². The van der Waals surface area contributed by atoms with Crippen LogP contribution in [0.5, 0.6) is 0 Å². The van der Waals surface area contributed by atoms with E-state index in [0.717, 1.165) is 16.0 Å². The Balaban J connectivity index is 2.39. The summed E-state index contributed by atoms with van der Waals surface area (Å²) in [5.74, 6) is -0.335. The minimum Gasteiger partial charge on any atom is -0.383 e. The van der Waals surface area contributed by atoms with Crippen molar-refractivity contribution >= 4 is 22.9 Å². The molecule has 0 fully saturated rings. The fourth-order valence-electron chi connectivity index (χ4n) is 1.71. The molecule has 1 aromatic carbocycles. The molecule has 90 valence electrons. The smallest absolute Gasteiger partial charge is 0.123 e. The van der Waals surface area contributed by atoms with E-state index in [1.54, 1.807) is 13.0 Å². The summed E-state index contributed by atoms with van der Waals surface area (Å²) >= 11 is 7.28. The van der Waals surface area contributed by atoms with Gasteiger partial charge in [-0.05, 0) is 48.7 Å². The van der Waals surface area contributed by atoms with Crippen LogP contribution in [0.25, 0.3) is 0 Å². The highest BCUT2D eigenvalue weighted by Crippen LogP contribution is 2.34. The lowest BCUT2D eigenvalue weighted by Gasteiger charge is -2.09. The van der Waals surface area contributed by atoms with Crippen LogP contribution in [0, 0.1) is 19.7 Å². The third-order valence-electron chi connectivity index (χ3n) is 2.53. The number of thiophene rings is 1. The van der Waals surface area contributed by atoms with Gasteiger partial charge in [0, 0.05) is 4.88 Å². The molecule has 0 aliphatic heterocycles. The van der Waals surface area contributed by atoms with E-state index in [4.69, 9.17) is 11.6 Å². The van der Waals surface area contributed by atoms with Gasteiger partial charge in [0.1, 0.15) is 11.9 Å². The summed E-state index contributed by atoms with van der Waals surface area (Å²) in [6.07, 6.45) is -0.819. The number of hydrogen-bond donors (Lipinski definition) is 1. The van der Waals surface area contributed by atoms with E-state index in [0.29, 0.717) is 9.90 Å². The highest BCUT2D eigenvalue weighted by atomic mass is 35.5. The second kappa shape index (κ2) is 4.77. The van der Waals surface area contributed by atoms with Crippen LogP contribution in [-0.4, -0.2) is 5.11 Å². The maximum absolute atomic E-state index is 13.3. The molecule has 1 aromatic heterocycles. The number of benzene rings is 1. The number of aryl methyl sites for hydroxylation is 2. The van der Waals surface area contributed by atoms with Gasteiger partial charge < -0.3 is 5.11 Å². The van der Waals surface area contributed by atoms with E-state index in [9.17, 15) is 9.50 Å². The Morgan fingerprint density at radius 3 is 2.47 bits per heavy atom. The highest BCUT2D eigenvalue weighted by molar-refractivity contribution is 7.16. The van der Waals surface area contributed by atoms with Gasteiger partial charge in [-0.3, -0.25) is 0 Å². The zero-order valence-corrected chi connectivity index (χ0v) is 11.1. The largest absolute Gasteiger partial charge is 0.383 e. The van der Waals surface area contributed by atoms with Crippen molar-refractivity contribution in [3.63, 3.8) is 0 Å². The predicted octanol–water partition coefficient (Wildman–Crippen LogP) is 4.24. The molecular weight excluding hydrogens is 259 g/mol. The summed E-state index contributed by atoms with van der Waals surface area (Å²) in [6, 6.07) is 6.39. The van der Waals surface area contributed by atoms with E-state index in [1.807, 2.05) is 13.0 Å². The van der Waals surface area contributed by atoms with Crippen molar-refractivity contribution in [3.8, 4) is 0 Å². The Kier molecular flexibility index (Phi) is 3.52. The van der Waals surface area contributed by atoms with Gasteiger partial charge in [-0.15, -0.1) is 11.3 Å². The molecule has 1 unspecified atom stereocenters. The van der Waals surface area contributed by atoms with Gasteiger partial charge in [-0.25, -0.2) is 4.39 Å².